The average molecular weight is 603 g/mol. The molecular weight excluding hydrogens is 545 g/mol. The van der Waals surface area contributed by atoms with Gasteiger partial charge in [0, 0.05) is 0 Å². The second-order valence-electron chi connectivity index (χ2n) is 17.8. The van der Waals surface area contributed by atoms with Gasteiger partial charge in [-0.1, -0.05) is 160 Å². The first kappa shape index (κ1) is 31.6. The molecule has 0 N–H and O–H groups in total. The van der Waals surface area contributed by atoms with Gasteiger partial charge in [0.1, 0.15) is 0 Å². The minimum absolute atomic E-state index is 0.187. The lowest BCUT2D eigenvalue weighted by Gasteiger charge is -2.46. The van der Waals surface area contributed by atoms with Crippen molar-refractivity contribution < 1.29 is 0 Å². The Labute approximate surface area is 270 Å². The molecule has 0 aromatic heterocycles. The molecule has 0 amide bonds. The van der Waals surface area contributed by atoms with Crippen LogP contribution in [0.3, 0.4) is 0 Å². The highest BCUT2D eigenvalue weighted by molar-refractivity contribution is 6.80. The molecule has 0 bridgehead atoms. The fourth-order valence-corrected chi connectivity index (χ4v) is 16.9. The smallest absolute Gasteiger partial charge is 0.0553 e. The van der Waals surface area contributed by atoms with E-state index in [1.807, 2.05) is 0 Å². The van der Waals surface area contributed by atoms with Crippen molar-refractivity contribution in [2.45, 2.75) is 104 Å². The maximum absolute atomic E-state index is 2.79. The molecule has 0 radical (unpaired) electrons. The zero-order valence-electron chi connectivity index (χ0n) is 29.5. The number of rotatable bonds is 4. The van der Waals surface area contributed by atoms with Crippen molar-refractivity contribution in [1.29, 1.82) is 0 Å². The van der Waals surface area contributed by atoms with E-state index in [-0.39, 0.29) is 10.8 Å². The van der Waals surface area contributed by atoms with Gasteiger partial charge in [-0.3, -0.25) is 0 Å². The Morgan fingerprint density at radius 1 is 0.591 bits per heavy atom. The third-order valence-corrected chi connectivity index (χ3v) is 18.1. The van der Waals surface area contributed by atoms with Gasteiger partial charge in [-0.2, -0.15) is 0 Å². The van der Waals surface area contributed by atoms with Crippen LogP contribution in [-0.4, -0.2) is 8.07 Å². The number of benzene rings is 2. The summed E-state index contributed by atoms with van der Waals surface area (Å²) in [6.45, 7) is 27.3. The summed E-state index contributed by atoms with van der Waals surface area (Å²) in [5.74, 6) is 4.80. The fourth-order valence-electron chi connectivity index (χ4n) is 10.6. The van der Waals surface area contributed by atoms with Crippen LogP contribution in [0.2, 0.25) is 24.2 Å². The molecule has 0 nitrogen and oxygen atoms in total. The quantitative estimate of drug-likeness (QED) is 0.305. The highest BCUT2D eigenvalue weighted by atomic mass is 28.3. The van der Waals surface area contributed by atoms with Gasteiger partial charge in [0.15, 0.2) is 0 Å². The largest absolute Gasteiger partial charge is 0.0808 e. The van der Waals surface area contributed by atoms with E-state index in [1.165, 1.54) is 28.7 Å². The van der Waals surface area contributed by atoms with Crippen LogP contribution in [0.4, 0.5) is 0 Å². The van der Waals surface area contributed by atoms with Crippen LogP contribution in [0.15, 0.2) is 85.0 Å². The van der Waals surface area contributed by atoms with E-state index in [0.29, 0.717) is 29.6 Å². The van der Waals surface area contributed by atoms with E-state index in [4.69, 9.17) is 0 Å². The van der Waals surface area contributed by atoms with Gasteiger partial charge in [0.05, 0.1) is 8.07 Å². The molecule has 6 rings (SSSR count). The Hall–Kier alpha value is -2.38. The standard InChI is InChI=1S/C43H58Si/c1-27-26-38-34(30-18-22-32(23-19-30)42(4,5)6)14-12-16-36(38)40(27)44(10,11)41-29(3)28(2)39-35(15-13-17-37(39)41)31-20-24-33(25-21-31)43(7,8)9/h12-25,27-29,36-41H,26H2,1-11H3/t27?,28-,29-,36?,37?,38?,39?,40-,41-/m1/s1. The van der Waals surface area contributed by atoms with E-state index in [9.17, 15) is 0 Å². The first-order valence-corrected chi connectivity index (χ1v) is 20.7. The van der Waals surface area contributed by atoms with Crippen molar-refractivity contribution in [1.82, 2.24) is 0 Å². The van der Waals surface area contributed by atoms with Gasteiger partial charge >= 0.3 is 0 Å². The molecule has 2 saturated carbocycles. The molecule has 9 atom stereocenters. The predicted molar refractivity (Wildman–Crippen MR) is 196 cm³/mol. The molecule has 2 aromatic rings. The normalized spacial score (nSPS) is 33.6. The molecule has 0 aliphatic heterocycles. The summed E-state index contributed by atoms with van der Waals surface area (Å²) in [5.41, 5.74) is 10.9. The highest BCUT2D eigenvalue weighted by Gasteiger charge is 2.59. The second-order valence-corrected chi connectivity index (χ2v) is 22.7. The van der Waals surface area contributed by atoms with Crippen LogP contribution in [0.25, 0.3) is 11.1 Å². The van der Waals surface area contributed by atoms with Gasteiger partial charge in [-0.05, 0) is 103 Å². The molecular formula is C43H58Si. The van der Waals surface area contributed by atoms with Crippen LogP contribution in [0, 0.1) is 41.4 Å². The Kier molecular flexibility index (Phi) is 8.01. The fraction of sp³-hybridized carbons (Fsp3) is 0.535. The molecule has 2 fully saturated rings. The van der Waals surface area contributed by atoms with Crippen molar-refractivity contribution in [2.75, 3.05) is 0 Å². The summed E-state index contributed by atoms with van der Waals surface area (Å²) in [5, 5.41) is 0. The van der Waals surface area contributed by atoms with Gasteiger partial charge < -0.3 is 0 Å². The zero-order chi connectivity index (χ0) is 31.8. The van der Waals surface area contributed by atoms with Crippen LogP contribution in [0.5, 0.6) is 0 Å². The van der Waals surface area contributed by atoms with E-state index in [0.717, 1.165) is 22.9 Å². The Morgan fingerprint density at radius 2 is 1.07 bits per heavy atom. The lowest BCUT2D eigenvalue weighted by atomic mass is 9.76. The van der Waals surface area contributed by atoms with Crippen molar-refractivity contribution in [3.63, 3.8) is 0 Å². The first-order valence-electron chi connectivity index (χ1n) is 17.6. The molecule has 4 aliphatic carbocycles. The minimum Gasteiger partial charge on any atom is -0.0808 e. The lowest BCUT2D eigenvalue weighted by Crippen LogP contribution is -2.45. The Bertz CT molecular complexity index is 1480. The maximum Gasteiger partial charge on any atom is 0.0553 e. The molecule has 0 saturated heterocycles. The van der Waals surface area contributed by atoms with Crippen molar-refractivity contribution in [3.8, 4) is 0 Å². The van der Waals surface area contributed by atoms with Gasteiger partial charge in [-0.15, -0.1) is 0 Å². The summed E-state index contributed by atoms with van der Waals surface area (Å²) in [4.78, 5) is 0. The third kappa shape index (κ3) is 5.30. The summed E-state index contributed by atoms with van der Waals surface area (Å²) < 4.78 is 0. The summed E-state index contributed by atoms with van der Waals surface area (Å²) in [7, 11) is -1.71. The summed E-state index contributed by atoms with van der Waals surface area (Å²) >= 11 is 0. The topological polar surface area (TPSA) is 0 Å². The predicted octanol–water partition coefficient (Wildman–Crippen LogP) is 12.1. The van der Waals surface area contributed by atoms with Gasteiger partial charge in [0.25, 0.3) is 0 Å². The van der Waals surface area contributed by atoms with Crippen LogP contribution >= 0.6 is 0 Å². The molecule has 2 aromatic carbocycles. The number of hydrogen-bond acceptors (Lipinski definition) is 0. The third-order valence-electron chi connectivity index (χ3n) is 12.8. The molecule has 5 unspecified atom stereocenters. The van der Waals surface area contributed by atoms with Gasteiger partial charge in [0.2, 0.25) is 0 Å². The van der Waals surface area contributed by atoms with Crippen LogP contribution in [0.1, 0.15) is 91.0 Å². The first-order chi connectivity index (χ1) is 20.6. The highest BCUT2D eigenvalue weighted by Crippen LogP contribution is 2.66. The SMILES string of the molecule is CC1CC2C(c3ccc(C(C)(C)C)cc3)=CC=CC2[C@@H]1[Si](C)(C)[C@H]1C2C=CC=C(c3ccc(C(C)(C)C)cc3)C2[C@H](C)[C@H]1C. The Morgan fingerprint density at radius 3 is 1.59 bits per heavy atom. The maximum atomic E-state index is 2.79. The molecule has 234 valence electrons. The number of fused-ring (bicyclic) bond motifs is 2. The van der Waals surface area contributed by atoms with Crippen molar-refractivity contribution in [3.05, 3.63) is 107 Å². The van der Waals surface area contributed by atoms with E-state index in [2.05, 4.69) is 160 Å². The van der Waals surface area contributed by atoms with E-state index in [1.54, 1.807) is 11.1 Å². The van der Waals surface area contributed by atoms with E-state index >= 15 is 0 Å². The number of allylic oxidation sites excluding steroid dienone is 8. The summed E-state index contributed by atoms with van der Waals surface area (Å²) in [6, 6.07) is 19.1. The molecule has 1 heteroatoms. The molecule has 44 heavy (non-hydrogen) atoms. The monoisotopic (exact) mass is 602 g/mol. The van der Waals surface area contributed by atoms with E-state index < -0.39 is 8.07 Å². The van der Waals surface area contributed by atoms with Crippen LogP contribution < -0.4 is 0 Å². The van der Waals surface area contributed by atoms with Crippen LogP contribution in [-0.2, 0) is 10.8 Å². The summed E-state index contributed by atoms with van der Waals surface area (Å²) in [6.07, 6.45) is 16.3. The molecule has 0 heterocycles. The zero-order valence-corrected chi connectivity index (χ0v) is 30.5. The average Bonchev–Trinajstić information content (AvgIpc) is 3.45. The second kappa shape index (κ2) is 11.1. The molecule has 0 spiro atoms. The molecule has 4 aliphatic rings. The van der Waals surface area contributed by atoms with Crippen molar-refractivity contribution in [2.24, 2.45) is 41.4 Å². The van der Waals surface area contributed by atoms with Crippen molar-refractivity contribution >= 4 is 19.2 Å². The minimum atomic E-state index is -1.71. The van der Waals surface area contributed by atoms with Gasteiger partial charge in [-0.25, -0.2) is 0 Å². The Balaban J connectivity index is 1.28. The lowest BCUT2D eigenvalue weighted by molar-refractivity contribution is 0.402. The number of hydrogen-bond donors (Lipinski definition) is 0.